The summed E-state index contributed by atoms with van der Waals surface area (Å²) < 4.78 is 16.1. The summed E-state index contributed by atoms with van der Waals surface area (Å²) in [5.41, 5.74) is 0.694. The summed E-state index contributed by atoms with van der Waals surface area (Å²) in [7, 11) is 0. The number of rotatable bonds is 7. The van der Waals surface area contributed by atoms with E-state index in [9.17, 15) is 9.59 Å². The molecule has 2 heterocycles. The molecule has 1 saturated heterocycles. The number of hydrogen-bond donors (Lipinski definition) is 1. The van der Waals surface area contributed by atoms with E-state index >= 15 is 0 Å². The molecule has 1 atom stereocenters. The number of thiophene rings is 1. The van der Waals surface area contributed by atoms with Gasteiger partial charge >= 0.3 is 5.97 Å². The van der Waals surface area contributed by atoms with Gasteiger partial charge in [-0.05, 0) is 48.6 Å². The van der Waals surface area contributed by atoms with Crippen LogP contribution in [0.15, 0.2) is 35.7 Å². The van der Waals surface area contributed by atoms with Gasteiger partial charge in [0.05, 0.1) is 17.2 Å². The Labute approximate surface area is 160 Å². The van der Waals surface area contributed by atoms with E-state index in [4.69, 9.17) is 19.5 Å². The third-order valence-corrected chi connectivity index (χ3v) is 4.75. The van der Waals surface area contributed by atoms with Crippen LogP contribution in [0, 0.1) is 11.3 Å². The maximum Gasteiger partial charge on any atom is 0.338 e. The first-order chi connectivity index (χ1) is 13.2. The largest absolute Gasteiger partial charge is 0.491 e. The molecule has 0 unspecified atom stereocenters. The Morgan fingerprint density at radius 1 is 1.30 bits per heavy atom. The van der Waals surface area contributed by atoms with Gasteiger partial charge in [0.2, 0.25) is 0 Å². The molecule has 1 fully saturated rings. The second-order valence-electron chi connectivity index (χ2n) is 5.87. The number of nitrogens with one attached hydrogen (secondary N) is 1. The first kappa shape index (κ1) is 18.9. The van der Waals surface area contributed by atoms with E-state index in [1.807, 2.05) is 6.07 Å². The number of nitriles is 1. The average Bonchev–Trinajstić information content (AvgIpc) is 3.36. The zero-order valence-electron chi connectivity index (χ0n) is 14.5. The third-order valence-electron chi connectivity index (χ3n) is 3.92. The summed E-state index contributed by atoms with van der Waals surface area (Å²) in [6.07, 6.45) is 2.17. The van der Waals surface area contributed by atoms with Gasteiger partial charge < -0.3 is 19.5 Å². The molecular weight excluding hydrogens is 368 g/mol. The SMILES string of the molecule is N#Cc1ccsc1NC(=O)COC(=O)c1ccc(OC[C@@H]2CCCO2)cc1. The van der Waals surface area contributed by atoms with E-state index in [1.54, 1.807) is 35.7 Å². The first-order valence-corrected chi connectivity index (χ1v) is 9.32. The summed E-state index contributed by atoms with van der Waals surface area (Å²) in [6, 6.07) is 10.1. The fourth-order valence-corrected chi connectivity index (χ4v) is 3.28. The molecule has 1 aliphatic rings. The quantitative estimate of drug-likeness (QED) is 0.735. The van der Waals surface area contributed by atoms with E-state index in [2.05, 4.69) is 5.32 Å². The molecule has 8 heteroatoms. The zero-order valence-corrected chi connectivity index (χ0v) is 15.3. The highest BCUT2D eigenvalue weighted by molar-refractivity contribution is 7.14. The van der Waals surface area contributed by atoms with Crippen molar-refractivity contribution in [3.8, 4) is 11.8 Å². The monoisotopic (exact) mass is 386 g/mol. The van der Waals surface area contributed by atoms with Crippen LogP contribution >= 0.6 is 11.3 Å². The Morgan fingerprint density at radius 2 is 2.11 bits per heavy atom. The van der Waals surface area contributed by atoms with Crippen LogP contribution in [-0.4, -0.2) is 37.8 Å². The number of nitrogens with zero attached hydrogens (tertiary/aromatic N) is 1. The molecule has 2 aromatic rings. The molecule has 3 rings (SSSR count). The van der Waals surface area contributed by atoms with Crippen LogP contribution < -0.4 is 10.1 Å². The molecule has 140 valence electrons. The standard InChI is InChI=1S/C19H18N2O5S/c20-10-14-7-9-27-18(14)21-17(22)12-26-19(23)13-3-5-15(6-4-13)25-11-16-2-1-8-24-16/h3-7,9,16H,1-2,8,11-12H2,(H,21,22)/t16-/m0/s1. The Bertz CT molecular complexity index is 835. The van der Waals surface area contributed by atoms with Gasteiger partial charge in [0.15, 0.2) is 6.61 Å². The van der Waals surface area contributed by atoms with Gasteiger partial charge in [0, 0.05) is 6.61 Å². The molecule has 1 aromatic carbocycles. The minimum Gasteiger partial charge on any atom is -0.491 e. The van der Waals surface area contributed by atoms with Gasteiger partial charge in [-0.15, -0.1) is 11.3 Å². The topological polar surface area (TPSA) is 97.7 Å². The number of amides is 1. The Balaban J connectivity index is 1.44. The number of carbonyl (C=O) groups excluding carboxylic acids is 2. The van der Waals surface area contributed by atoms with Gasteiger partial charge in [-0.2, -0.15) is 5.26 Å². The first-order valence-electron chi connectivity index (χ1n) is 8.45. The number of carbonyl (C=O) groups is 2. The van der Waals surface area contributed by atoms with Gasteiger partial charge in [-0.3, -0.25) is 4.79 Å². The molecule has 0 saturated carbocycles. The molecule has 0 bridgehead atoms. The van der Waals surface area contributed by atoms with E-state index in [1.165, 1.54) is 11.3 Å². The van der Waals surface area contributed by atoms with Gasteiger partial charge in [0.1, 0.15) is 23.4 Å². The van der Waals surface area contributed by atoms with Crippen molar-refractivity contribution in [1.82, 2.24) is 0 Å². The van der Waals surface area contributed by atoms with Gasteiger partial charge in [0.25, 0.3) is 5.91 Å². The summed E-state index contributed by atoms with van der Waals surface area (Å²) in [5, 5.41) is 13.6. The van der Waals surface area contributed by atoms with Gasteiger partial charge in [-0.1, -0.05) is 0 Å². The highest BCUT2D eigenvalue weighted by Crippen LogP contribution is 2.22. The van der Waals surface area contributed by atoms with E-state index in [0.717, 1.165) is 19.4 Å². The van der Waals surface area contributed by atoms with E-state index in [0.29, 0.717) is 28.5 Å². The van der Waals surface area contributed by atoms with Crippen molar-refractivity contribution in [2.24, 2.45) is 0 Å². The molecule has 1 aromatic heterocycles. The van der Waals surface area contributed by atoms with Crippen LogP contribution in [0.4, 0.5) is 5.00 Å². The second kappa shape index (κ2) is 9.16. The van der Waals surface area contributed by atoms with Crippen molar-refractivity contribution in [1.29, 1.82) is 5.26 Å². The number of benzene rings is 1. The lowest BCUT2D eigenvalue weighted by Crippen LogP contribution is -2.20. The molecule has 27 heavy (non-hydrogen) atoms. The number of ether oxygens (including phenoxy) is 3. The van der Waals surface area contributed by atoms with Crippen LogP contribution in [0.5, 0.6) is 5.75 Å². The van der Waals surface area contributed by atoms with Crippen molar-refractivity contribution in [2.45, 2.75) is 18.9 Å². The normalized spacial score (nSPS) is 15.7. The molecule has 1 amide bonds. The van der Waals surface area contributed by atoms with Crippen LogP contribution in [-0.2, 0) is 14.3 Å². The number of anilines is 1. The van der Waals surface area contributed by atoms with Crippen molar-refractivity contribution >= 4 is 28.2 Å². The van der Waals surface area contributed by atoms with Crippen LogP contribution in [0.25, 0.3) is 0 Å². The highest BCUT2D eigenvalue weighted by Gasteiger charge is 2.16. The van der Waals surface area contributed by atoms with Crippen molar-refractivity contribution in [3.05, 3.63) is 46.8 Å². The van der Waals surface area contributed by atoms with Crippen LogP contribution in [0.1, 0.15) is 28.8 Å². The molecule has 0 aliphatic carbocycles. The van der Waals surface area contributed by atoms with Crippen LogP contribution in [0.2, 0.25) is 0 Å². The Kier molecular flexibility index (Phi) is 6.41. The predicted octanol–water partition coefficient (Wildman–Crippen LogP) is 2.97. The number of hydrogen-bond acceptors (Lipinski definition) is 7. The molecule has 1 aliphatic heterocycles. The van der Waals surface area contributed by atoms with Crippen LogP contribution in [0.3, 0.4) is 0 Å². The smallest absolute Gasteiger partial charge is 0.338 e. The fraction of sp³-hybridized carbons (Fsp3) is 0.316. The predicted molar refractivity (Wildman–Crippen MR) is 98.9 cm³/mol. The molecule has 0 spiro atoms. The average molecular weight is 386 g/mol. The Hall–Kier alpha value is -2.89. The highest BCUT2D eigenvalue weighted by atomic mass is 32.1. The molecule has 1 N–H and O–H groups in total. The minimum absolute atomic E-state index is 0.123. The summed E-state index contributed by atoms with van der Waals surface area (Å²) in [5.74, 6) is -0.470. The lowest BCUT2D eigenvalue weighted by Gasteiger charge is -2.11. The lowest BCUT2D eigenvalue weighted by molar-refractivity contribution is -0.119. The third kappa shape index (κ3) is 5.29. The van der Waals surface area contributed by atoms with Crippen molar-refractivity contribution < 1.29 is 23.8 Å². The summed E-state index contributed by atoms with van der Waals surface area (Å²) in [6.45, 7) is 0.826. The second-order valence-corrected chi connectivity index (χ2v) is 6.79. The maximum absolute atomic E-state index is 12.0. The van der Waals surface area contributed by atoms with Gasteiger partial charge in [-0.25, -0.2) is 4.79 Å². The van der Waals surface area contributed by atoms with Crippen molar-refractivity contribution in [2.75, 3.05) is 25.1 Å². The fourth-order valence-electron chi connectivity index (χ4n) is 2.52. The summed E-state index contributed by atoms with van der Waals surface area (Å²) >= 11 is 1.23. The maximum atomic E-state index is 12.0. The Morgan fingerprint density at radius 3 is 2.81 bits per heavy atom. The molecule has 7 nitrogen and oxygen atoms in total. The van der Waals surface area contributed by atoms with E-state index in [-0.39, 0.29) is 6.10 Å². The van der Waals surface area contributed by atoms with Crippen molar-refractivity contribution in [3.63, 3.8) is 0 Å². The molecule has 0 radical (unpaired) electrons. The van der Waals surface area contributed by atoms with E-state index < -0.39 is 18.5 Å². The molecular formula is C19H18N2O5S. The zero-order chi connectivity index (χ0) is 19.1. The number of esters is 1. The minimum atomic E-state index is -0.609. The lowest BCUT2D eigenvalue weighted by atomic mass is 10.2. The summed E-state index contributed by atoms with van der Waals surface area (Å²) in [4.78, 5) is 23.9.